The van der Waals surface area contributed by atoms with E-state index < -0.39 is 0 Å². The van der Waals surface area contributed by atoms with E-state index in [0.29, 0.717) is 22.6 Å². The van der Waals surface area contributed by atoms with Gasteiger partial charge in [-0.1, -0.05) is 18.3 Å². The highest BCUT2D eigenvalue weighted by Crippen LogP contribution is 2.25. The number of nitrogens with two attached hydrogens (primary N) is 1. The molecule has 0 amide bonds. The minimum atomic E-state index is -0.267. The van der Waals surface area contributed by atoms with E-state index in [0.717, 1.165) is 11.3 Å². The molecule has 1 heterocycles. The largest absolute Gasteiger partial charge is 0.389 e. The van der Waals surface area contributed by atoms with Crippen LogP contribution < -0.4 is 11.1 Å². The second kappa shape index (κ2) is 5.54. The predicted molar refractivity (Wildman–Crippen MR) is 84.0 cm³/mol. The molecule has 0 unspecified atom stereocenters. The summed E-state index contributed by atoms with van der Waals surface area (Å²) in [6.45, 7) is 5.52. The maximum Gasteiger partial charge on any atom is 0.141 e. The first-order chi connectivity index (χ1) is 9.40. The second-order valence-corrected chi connectivity index (χ2v) is 5.15. The van der Waals surface area contributed by atoms with Gasteiger partial charge in [0.25, 0.3) is 0 Å². The van der Waals surface area contributed by atoms with E-state index in [1.165, 1.54) is 6.07 Å². The van der Waals surface area contributed by atoms with Gasteiger partial charge in [-0.15, -0.1) is 0 Å². The molecule has 20 heavy (non-hydrogen) atoms. The fourth-order valence-electron chi connectivity index (χ4n) is 2.11. The van der Waals surface area contributed by atoms with E-state index in [4.69, 9.17) is 18.0 Å². The zero-order chi connectivity index (χ0) is 14.9. The number of hydrogen-bond acceptors (Lipinski definition) is 3. The van der Waals surface area contributed by atoms with Gasteiger partial charge >= 0.3 is 0 Å². The van der Waals surface area contributed by atoms with Crippen molar-refractivity contribution < 1.29 is 4.39 Å². The Kier molecular flexibility index (Phi) is 3.99. The minimum Gasteiger partial charge on any atom is -0.389 e. The molecule has 2 aromatic rings. The van der Waals surface area contributed by atoms with Crippen LogP contribution in [0.2, 0.25) is 0 Å². The Labute approximate surface area is 123 Å². The molecule has 0 fully saturated rings. The van der Waals surface area contributed by atoms with Crippen LogP contribution in [0.4, 0.5) is 15.9 Å². The zero-order valence-corrected chi connectivity index (χ0v) is 12.4. The first kappa shape index (κ1) is 14.4. The van der Waals surface area contributed by atoms with Crippen LogP contribution in [0.3, 0.4) is 0 Å². The molecule has 2 rings (SSSR count). The summed E-state index contributed by atoms with van der Waals surface area (Å²) in [5, 5.41) is 3.13. The number of rotatable bonds is 3. The Bertz CT molecular complexity index is 683. The number of thiocarbonyl (C=S) groups is 1. The Morgan fingerprint density at radius 1 is 1.30 bits per heavy atom. The van der Waals surface area contributed by atoms with Gasteiger partial charge in [-0.3, -0.25) is 0 Å². The molecule has 0 saturated heterocycles. The van der Waals surface area contributed by atoms with Gasteiger partial charge in [0, 0.05) is 16.9 Å². The SMILES string of the molecule is Cc1cc(C)c(C(N)=S)c(Nc2cccc(F)c2C)n1. The van der Waals surface area contributed by atoms with Gasteiger partial charge in [-0.25, -0.2) is 9.37 Å². The molecule has 5 heteroatoms. The number of nitrogens with one attached hydrogen (secondary N) is 1. The van der Waals surface area contributed by atoms with E-state index >= 15 is 0 Å². The highest BCUT2D eigenvalue weighted by atomic mass is 32.1. The van der Waals surface area contributed by atoms with Crippen LogP contribution >= 0.6 is 12.2 Å². The van der Waals surface area contributed by atoms with Crippen molar-refractivity contribution >= 4 is 28.7 Å². The fraction of sp³-hybridized carbons (Fsp3) is 0.200. The van der Waals surface area contributed by atoms with Gasteiger partial charge in [-0.2, -0.15) is 0 Å². The van der Waals surface area contributed by atoms with E-state index in [2.05, 4.69) is 10.3 Å². The van der Waals surface area contributed by atoms with Gasteiger partial charge in [0.15, 0.2) is 0 Å². The van der Waals surface area contributed by atoms with Crippen LogP contribution in [0, 0.1) is 26.6 Å². The van der Waals surface area contributed by atoms with E-state index in [9.17, 15) is 4.39 Å². The van der Waals surface area contributed by atoms with Crippen LogP contribution in [0.15, 0.2) is 24.3 Å². The van der Waals surface area contributed by atoms with Crippen molar-refractivity contribution in [3.05, 3.63) is 52.5 Å². The molecule has 0 aliphatic carbocycles. The minimum absolute atomic E-state index is 0.267. The molecule has 3 nitrogen and oxygen atoms in total. The number of halogens is 1. The molecular weight excluding hydrogens is 273 g/mol. The van der Waals surface area contributed by atoms with Crippen molar-refractivity contribution in [2.45, 2.75) is 20.8 Å². The first-order valence-corrected chi connectivity index (χ1v) is 6.61. The molecule has 1 aromatic carbocycles. The van der Waals surface area contributed by atoms with Gasteiger partial charge < -0.3 is 11.1 Å². The lowest BCUT2D eigenvalue weighted by Gasteiger charge is -2.15. The van der Waals surface area contributed by atoms with Crippen LogP contribution in [-0.2, 0) is 0 Å². The summed E-state index contributed by atoms with van der Waals surface area (Å²) < 4.78 is 13.6. The summed E-state index contributed by atoms with van der Waals surface area (Å²) in [6.07, 6.45) is 0. The Hall–Kier alpha value is -2.01. The van der Waals surface area contributed by atoms with Crippen molar-refractivity contribution in [1.82, 2.24) is 4.98 Å². The summed E-state index contributed by atoms with van der Waals surface area (Å²) in [6, 6.07) is 6.77. The molecule has 0 saturated carbocycles. The number of aromatic nitrogens is 1. The number of nitrogens with zero attached hydrogens (tertiary/aromatic N) is 1. The van der Waals surface area contributed by atoms with Crippen molar-refractivity contribution in [3.8, 4) is 0 Å². The summed E-state index contributed by atoms with van der Waals surface area (Å²) >= 11 is 5.08. The van der Waals surface area contributed by atoms with Gasteiger partial charge in [-0.05, 0) is 44.5 Å². The Balaban J connectivity index is 2.53. The monoisotopic (exact) mass is 289 g/mol. The second-order valence-electron chi connectivity index (χ2n) is 4.71. The lowest BCUT2D eigenvalue weighted by Crippen LogP contribution is -2.15. The van der Waals surface area contributed by atoms with Crippen molar-refractivity contribution in [3.63, 3.8) is 0 Å². The Morgan fingerprint density at radius 2 is 2.00 bits per heavy atom. The van der Waals surface area contributed by atoms with Crippen LogP contribution in [-0.4, -0.2) is 9.97 Å². The lowest BCUT2D eigenvalue weighted by molar-refractivity contribution is 0.619. The number of hydrogen-bond donors (Lipinski definition) is 2. The molecule has 3 N–H and O–H groups in total. The smallest absolute Gasteiger partial charge is 0.141 e. The highest BCUT2D eigenvalue weighted by Gasteiger charge is 2.13. The lowest BCUT2D eigenvalue weighted by atomic mass is 10.1. The standard InChI is InChI=1S/C15H16FN3S/c1-8-7-9(2)18-15(13(8)14(17)20)19-12-6-4-5-11(16)10(12)3/h4-7H,1-3H3,(H2,17,20)(H,18,19). The molecule has 0 aliphatic heterocycles. The summed E-state index contributed by atoms with van der Waals surface area (Å²) in [5.74, 6) is 0.292. The third kappa shape index (κ3) is 2.77. The third-order valence-corrected chi connectivity index (χ3v) is 3.32. The maximum absolute atomic E-state index is 13.6. The number of pyridine rings is 1. The summed E-state index contributed by atoms with van der Waals surface area (Å²) in [5.41, 5.74) is 9.43. The summed E-state index contributed by atoms with van der Waals surface area (Å²) in [7, 11) is 0. The third-order valence-electron chi connectivity index (χ3n) is 3.11. The molecule has 104 valence electrons. The van der Waals surface area contributed by atoms with E-state index in [1.54, 1.807) is 19.1 Å². The molecule has 0 bridgehead atoms. The normalized spacial score (nSPS) is 10.4. The van der Waals surface area contributed by atoms with E-state index in [1.807, 2.05) is 19.9 Å². The number of aryl methyl sites for hydroxylation is 2. The highest BCUT2D eigenvalue weighted by molar-refractivity contribution is 7.80. The quantitative estimate of drug-likeness (QED) is 0.849. The van der Waals surface area contributed by atoms with E-state index in [-0.39, 0.29) is 10.8 Å². The topological polar surface area (TPSA) is 50.9 Å². The first-order valence-electron chi connectivity index (χ1n) is 6.20. The summed E-state index contributed by atoms with van der Waals surface area (Å²) in [4.78, 5) is 4.69. The molecule has 0 aliphatic rings. The molecular formula is C15H16FN3S. The van der Waals surface area contributed by atoms with Crippen molar-refractivity contribution in [2.75, 3.05) is 5.32 Å². The molecule has 0 atom stereocenters. The van der Waals surface area contributed by atoms with Gasteiger partial charge in [0.1, 0.15) is 16.6 Å². The fourth-order valence-corrected chi connectivity index (χ4v) is 2.37. The molecule has 1 aromatic heterocycles. The zero-order valence-electron chi connectivity index (χ0n) is 11.6. The molecule has 0 radical (unpaired) electrons. The van der Waals surface area contributed by atoms with Crippen LogP contribution in [0.1, 0.15) is 22.4 Å². The average molecular weight is 289 g/mol. The van der Waals surface area contributed by atoms with Crippen LogP contribution in [0.5, 0.6) is 0 Å². The molecule has 0 spiro atoms. The Morgan fingerprint density at radius 3 is 2.65 bits per heavy atom. The average Bonchev–Trinajstić information content (AvgIpc) is 2.33. The van der Waals surface area contributed by atoms with Crippen molar-refractivity contribution in [1.29, 1.82) is 0 Å². The van der Waals surface area contributed by atoms with Gasteiger partial charge in [0.2, 0.25) is 0 Å². The van der Waals surface area contributed by atoms with Gasteiger partial charge in [0.05, 0.1) is 5.56 Å². The number of benzene rings is 1. The van der Waals surface area contributed by atoms with Crippen molar-refractivity contribution in [2.24, 2.45) is 5.73 Å². The predicted octanol–water partition coefficient (Wildman–Crippen LogP) is 3.52. The maximum atomic E-state index is 13.6. The van der Waals surface area contributed by atoms with Crippen LogP contribution in [0.25, 0.3) is 0 Å². The number of anilines is 2.